The maximum atomic E-state index is 11.5. The Morgan fingerprint density at radius 3 is 2.28 bits per heavy atom. The van der Waals surface area contributed by atoms with Crippen LogP contribution in [0, 0.1) is 13.8 Å². The van der Waals surface area contributed by atoms with E-state index in [2.05, 4.69) is 0 Å². The van der Waals surface area contributed by atoms with Crippen LogP contribution in [0.5, 0.6) is 0 Å². The van der Waals surface area contributed by atoms with Crippen molar-refractivity contribution in [2.75, 3.05) is 0 Å². The maximum Gasteiger partial charge on any atom is 0.295 e. The molecular weight excluding hydrogens is 248 g/mol. The standard InChI is InChI=1S/C14H14O3S/c1-10-5-3-7-12(9-10)13-8-4-6-11(2)14(13)18(15,16)17/h3-9H,1-2H3,(H,15,16,17). The highest BCUT2D eigenvalue weighted by molar-refractivity contribution is 7.86. The molecule has 2 aromatic rings. The van der Waals surface area contributed by atoms with Crippen LogP contribution in [0.1, 0.15) is 11.1 Å². The van der Waals surface area contributed by atoms with Crippen molar-refractivity contribution < 1.29 is 13.0 Å². The molecule has 3 nitrogen and oxygen atoms in total. The third kappa shape index (κ3) is 2.44. The maximum absolute atomic E-state index is 11.5. The summed E-state index contributed by atoms with van der Waals surface area (Å²) in [5.74, 6) is 0. The Kier molecular flexibility index (Phi) is 3.24. The van der Waals surface area contributed by atoms with Crippen molar-refractivity contribution >= 4 is 10.1 Å². The lowest BCUT2D eigenvalue weighted by molar-refractivity contribution is 0.483. The molecule has 0 saturated heterocycles. The van der Waals surface area contributed by atoms with Gasteiger partial charge in [-0.25, -0.2) is 0 Å². The molecule has 0 bridgehead atoms. The molecule has 0 aliphatic rings. The molecule has 1 N–H and O–H groups in total. The van der Waals surface area contributed by atoms with E-state index in [1.807, 2.05) is 31.2 Å². The second-order valence-electron chi connectivity index (χ2n) is 4.30. The minimum absolute atomic E-state index is 0.0180. The van der Waals surface area contributed by atoms with Gasteiger partial charge in [-0.05, 0) is 25.0 Å². The van der Waals surface area contributed by atoms with Crippen LogP contribution in [-0.4, -0.2) is 13.0 Å². The first-order chi connectivity index (χ1) is 8.39. The van der Waals surface area contributed by atoms with Crippen LogP contribution in [0.3, 0.4) is 0 Å². The number of aryl methyl sites for hydroxylation is 2. The van der Waals surface area contributed by atoms with Crippen LogP contribution < -0.4 is 0 Å². The van der Waals surface area contributed by atoms with Crippen molar-refractivity contribution in [3.63, 3.8) is 0 Å². The summed E-state index contributed by atoms with van der Waals surface area (Å²) in [5, 5.41) is 0. The van der Waals surface area contributed by atoms with E-state index in [4.69, 9.17) is 0 Å². The average Bonchev–Trinajstić information content (AvgIpc) is 2.27. The van der Waals surface area contributed by atoms with Crippen molar-refractivity contribution in [2.45, 2.75) is 18.7 Å². The molecule has 0 aromatic heterocycles. The lowest BCUT2D eigenvalue weighted by Gasteiger charge is -2.10. The normalized spacial score (nSPS) is 11.5. The predicted molar refractivity (Wildman–Crippen MR) is 71.2 cm³/mol. The fraction of sp³-hybridized carbons (Fsp3) is 0.143. The van der Waals surface area contributed by atoms with E-state index in [1.165, 1.54) is 0 Å². The quantitative estimate of drug-likeness (QED) is 0.845. The average molecular weight is 262 g/mol. The van der Waals surface area contributed by atoms with Gasteiger partial charge in [-0.15, -0.1) is 0 Å². The minimum atomic E-state index is -4.23. The van der Waals surface area contributed by atoms with Gasteiger partial charge in [-0.3, -0.25) is 4.55 Å². The zero-order chi connectivity index (χ0) is 13.3. The predicted octanol–water partition coefficient (Wildman–Crippen LogP) is 3.22. The third-order valence-electron chi connectivity index (χ3n) is 2.80. The Morgan fingerprint density at radius 1 is 1.00 bits per heavy atom. The van der Waals surface area contributed by atoms with Gasteiger partial charge >= 0.3 is 0 Å². The van der Waals surface area contributed by atoms with E-state index in [-0.39, 0.29) is 4.90 Å². The molecule has 0 aliphatic carbocycles. The zero-order valence-electron chi connectivity index (χ0n) is 10.2. The first kappa shape index (κ1) is 12.8. The summed E-state index contributed by atoms with van der Waals surface area (Å²) in [6.45, 7) is 3.61. The van der Waals surface area contributed by atoms with Crippen molar-refractivity contribution in [3.8, 4) is 11.1 Å². The molecule has 18 heavy (non-hydrogen) atoms. The monoisotopic (exact) mass is 262 g/mol. The Balaban J connectivity index is 2.77. The molecule has 0 amide bonds. The van der Waals surface area contributed by atoms with Crippen LogP contribution in [0.15, 0.2) is 47.4 Å². The van der Waals surface area contributed by atoms with Gasteiger partial charge in [0.05, 0.1) is 0 Å². The fourth-order valence-electron chi connectivity index (χ4n) is 2.03. The first-order valence-electron chi connectivity index (χ1n) is 5.54. The molecule has 0 atom stereocenters. The minimum Gasteiger partial charge on any atom is -0.282 e. The molecule has 2 aromatic carbocycles. The van der Waals surface area contributed by atoms with Gasteiger partial charge in [0.15, 0.2) is 0 Å². The fourth-order valence-corrected chi connectivity index (χ4v) is 2.97. The van der Waals surface area contributed by atoms with Crippen molar-refractivity contribution in [1.82, 2.24) is 0 Å². The van der Waals surface area contributed by atoms with Crippen molar-refractivity contribution in [1.29, 1.82) is 0 Å². The van der Waals surface area contributed by atoms with Gasteiger partial charge in [0.25, 0.3) is 10.1 Å². The van der Waals surface area contributed by atoms with Gasteiger partial charge in [0.1, 0.15) is 4.90 Å². The second-order valence-corrected chi connectivity index (χ2v) is 5.65. The molecular formula is C14H14O3S. The lowest BCUT2D eigenvalue weighted by atomic mass is 10.0. The third-order valence-corrected chi connectivity index (χ3v) is 3.86. The van der Waals surface area contributed by atoms with Gasteiger partial charge in [-0.1, -0.05) is 48.0 Å². The van der Waals surface area contributed by atoms with E-state index < -0.39 is 10.1 Å². The van der Waals surface area contributed by atoms with Crippen molar-refractivity contribution in [3.05, 3.63) is 53.6 Å². The summed E-state index contributed by atoms with van der Waals surface area (Å²) in [4.78, 5) is -0.0180. The van der Waals surface area contributed by atoms with E-state index in [0.29, 0.717) is 11.1 Å². The van der Waals surface area contributed by atoms with Crippen LogP contribution in [-0.2, 0) is 10.1 Å². The zero-order valence-corrected chi connectivity index (χ0v) is 11.0. The molecule has 4 heteroatoms. The highest BCUT2D eigenvalue weighted by Gasteiger charge is 2.18. The van der Waals surface area contributed by atoms with Crippen LogP contribution >= 0.6 is 0 Å². The summed E-state index contributed by atoms with van der Waals surface area (Å²) in [6, 6.07) is 12.7. The van der Waals surface area contributed by atoms with E-state index in [0.717, 1.165) is 11.1 Å². The Morgan fingerprint density at radius 2 is 1.67 bits per heavy atom. The van der Waals surface area contributed by atoms with Gasteiger partial charge < -0.3 is 0 Å². The number of benzene rings is 2. The molecule has 94 valence electrons. The molecule has 2 rings (SSSR count). The van der Waals surface area contributed by atoms with Crippen molar-refractivity contribution in [2.24, 2.45) is 0 Å². The summed E-state index contributed by atoms with van der Waals surface area (Å²) in [5.41, 5.74) is 2.89. The Hall–Kier alpha value is -1.65. The van der Waals surface area contributed by atoms with Gasteiger partial charge in [-0.2, -0.15) is 8.42 Å². The summed E-state index contributed by atoms with van der Waals surface area (Å²) >= 11 is 0. The molecule has 0 fully saturated rings. The molecule has 0 unspecified atom stereocenters. The van der Waals surface area contributed by atoms with E-state index in [9.17, 15) is 13.0 Å². The van der Waals surface area contributed by atoms with Crippen LogP contribution in [0.2, 0.25) is 0 Å². The Labute approximate surface area is 107 Å². The van der Waals surface area contributed by atoms with E-state index >= 15 is 0 Å². The van der Waals surface area contributed by atoms with Crippen LogP contribution in [0.4, 0.5) is 0 Å². The smallest absolute Gasteiger partial charge is 0.282 e. The summed E-state index contributed by atoms with van der Waals surface area (Å²) in [7, 11) is -4.23. The summed E-state index contributed by atoms with van der Waals surface area (Å²) in [6.07, 6.45) is 0. The second kappa shape index (κ2) is 4.55. The highest BCUT2D eigenvalue weighted by Crippen LogP contribution is 2.30. The first-order valence-corrected chi connectivity index (χ1v) is 6.98. The van der Waals surface area contributed by atoms with E-state index in [1.54, 1.807) is 25.1 Å². The lowest BCUT2D eigenvalue weighted by Crippen LogP contribution is -2.03. The number of hydrogen-bond acceptors (Lipinski definition) is 2. The number of rotatable bonds is 2. The van der Waals surface area contributed by atoms with Gasteiger partial charge in [0, 0.05) is 5.56 Å². The summed E-state index contributed by atoms with van der Waals surface area (Å²) < 4.78 is 32.3. The topological polar surface area (TPSA) is 54.4 Å². The number of hydrogen-bond donors (Lipinski definition) is 1. The molecule has 0 saturated carbocycles. The molecule has 0 heterocycles. The SMILES string of the molecule is Cc1cccc(-c2cccc(C)c2S(=O)(=O)O)c1. The Bertz CT molecular complexity index is 688. The largest absolute Gasteiger partial charge is 0.295 e. The highest BCUT2D eigenvalue weighted by atomic mass is 32.2. The van der Waals surface area contributed by atoms with Gasteiger partial charge in [0.2, 0.25) is 0 Å². The molecule has 0 aliphatic heterocycles. The van der Waals surface area contributed by atoms with Crippen LogP contribution in [0.25, 0.3) is 11.1 Å². The molecule has 0 radical (unpaired) electrons. The molecule has 0 spiro atoms.